The van der Waals surface area contributed by atoms with Crippen LogP contribution in [-0.4, -0.2) is 81.6 Å². The number of carbonyl (C=O) groups is 1. The second kappa shape index (κ2) is 17.7. The number of phenolic OH excluding ortho intramolecular Hbond substituents is 1. The monoisotopic (exact) mass is 696 g/mol. The van der Waals surface area contributed by atoms with Gasteiger partial charge in [0.2, 0.25) is 5.56 Å². The highest BCUT2D eigenvalue weighted by Gasteiger charge is 2.43. The number of aliphatic hydroxyl groups is 1. The topological polar surface area (TPSA) is 138 Å². The summed E-state index contributed by atoms with van der Waals surface area (Å²) in [4.78, 5) is 31.2. The molecular formula is C41H52N4O6. The smallest absolute Gasteiger partial charge is 0.408 e. The van der Waals surface area contributed by atoms with Gasteiger partial charge in [-0.1, -0.05) is 80.6 Å². The summed E-state index contributed by atoms with van der Waals surface area (Å²) in [5.41, 5.74) is 2.67. The number of carboxylic acid groups (broad SMARTS) is 1. The summed E-state index contributed by atoms with van der Waals surface area (Å²) in [5.74, 6) is 1.20. The Morgan fingerprint density at radius 2 is 1.57 bits per heavy atom. The highest BCUT2D eigenvalue weighted by atomic mass is 16.5. The van der Waals surface area contributed by atoms with E-state index in [4.69, 9.17) is 4.74 Å². The molecule has 51 heavy (non-hydrogen) atoms. The molecule has 4 heterocycles. The lowest BCUT2D eigenvalue weighted by Gasteiger charge is -2.50. The standard InChI is InChI=1S/C41H52N4O6/c46-36-19-17-33(34-18-20-38(48)43-39(34)36)37(47)27-42-23-9-4-2-1-3-5-10-26-51-32-15-13-31(14-16-32)40(30-11-7-6-8-12-30)45(41(49)50)35-28-44-24-21-29(35)22-25-44/h6-8,11-20,29,35,37,40,42,46-47H,1-5,9-10,21-28H2,(H,43,48)(H,49,50)/t35-,37-,40?/m0/s1. The number of fused-ring (bicyclic) bond motifs is 4. The van der Waals surface area contributed by atoms with Crippen LogP contribution >= 0.6 is 0 Å². The first-order valence-corrected chi connectivity index (χ1v) is 18.6. The van der Waals surface area contributed by atoms with E-state index < -0.39 is 12.2 Å². The lowest BCUT2D eigenvalue weighted by Crippen LogP contribution is -2.59. The Morgan fingerprint density at radius 3 is 2.25 bits per heavy atom. The van der Waals surface area contributed by atoms with Gasteiger partial charge < -0.3 is 35.3 Å². The van der Waals surface area contributed by atoms with Crippen molar-refractivity contribution in [1.82, 2.24) is 20.1 Å². The Hall–Kier alpha value is -4.38. The van der Waals surface area contributed by atoms with Crippen LogP contribution in [-0.2, 0) is 0 Å². The van der Waals surface area contributed by atoms with Crippen LogP contribution in [0.3, 0.4) is 0 Å². The second-order valence-corrected chi connectivity index (χ2v) is 14.1. The molecule has 1 unspecified atom stereocenters. The molecule has 3 aliphatic rings. The number of H-pyrrole nitrogens is 1. The van der Waals surface area contributed by atoms with Crippen molar-refractivity contribution in [3.8, 4) is 11.5 Å². The van der Waals surface area contributed by atoms with Gasteiger partial charge in [0, 0.05) is 24.5 Å². The third-order valence-corrected chi connectivity index (χ3v) is 10.7. The Kier molecular flexibility index (Phi) is 12.6. The molecule has 10 heteroatoms. The first kappa shape index (κ1) is 36.4. The van der Waals surface area contributed by atoms with Crippen molar-refractivity contribution in [1.29, 1.82) is 0 Å². The van der Waals surface area contributed by atoms with Gasteiger partial charge in [-0.2, -0.15) is 0 Å². The molecule has 0 aliphatic carbocycles. The fourth-order valence-corrected chi connectivity index (χ4v) is 7.91. The van der Waals surface area contributed by atoms with Crippen molar-refractivity contribution < 1.29 is 24.9 Å². The first-order valence-electron chi connectivity index (χ1n) is 18.6. The number of rotatable bonds is 18. The van der Waals surface area contributed by atoms with Crippen LogP contribution in [0.5, 0.6) is 11.5 Å². The zero-order chi connectivity index (χ0) is 35.6. The maximum atomic E-state index is 12.8. The molecule has 3 fully saturated rings. The van der Waals surface area contributed by atoms with E-state index in [2.05, 4.69) is 15.2 Å². The molecule has 3 aliphatic heterocycles. The molecule has 0 spiro atoms. The molecule has 5 N–H and O–H groups in total. The molecular weight excluding hydrogens is 644 g/mol. The summed E-state index contributed by atoms with van der Waals surface area (Å²) < 4.78 is 6.08. The van der Waals surface area contributed by atoms with E-state index in [-0.39, 0.29) is 23.4 Å². The maximum Gasteiger partial charge on any atom is 0.408 e. The number of nitrogens with zero attached hydrogens (tertiary/aromatic N) is 2. The molecule has 3 atom stereocenters. The van der Waals surface area contributed by atoms with Crippen LogP contribution in [0.1, 0.15) is 86.6 Å². The number of aromatic amines is 1. The molecule has 0 radical (unpaired) electrons. The fourth-order valence-electron chi connectivity index (χ4n) is 7.91. The number of pyridine rings is 1. The van der Waals surface area contributed by atoms with Crippen molar-refractivity contribution in [3.05, 3.63) is 106 Å². The zero-order valence-electron chi connectivity index (χ0n) is 29.4. The van der Waals surface area contributed by atoms with Crippen LogP contribution in [0.15, 0.2) is 83.7 Å². The Labute approximate surface area is 300 Å². The molecule has 2 bridgehead atoms. The van der Waals surface area contributed by atoms with Crippen molar-refractivity contribution in [2.75, 3.05) is 39.3 Å². The molecule has 3 aromatic carbocycles. The summed E-state index contributed by atoms with van der Waals surface area (Å²) >= 11 is 0. The van der Waals surface area contributed by atoms with Gasteiger partial charge in [0.15, 0.2) is 0 Å². The average molecular weight is 697 g/mol. The predicted octanol–water partition coefficient (Wildman–Crippen LogP) is 6.83. The minimum Gasteiger partial charge on any atom is -0.506 e. The quantitative estimate of drug-likeness (QED) is 0.0714. The van der Waals surface area contributed by atoms with Gasteiger partial charge in [0.1, 0.15) is 11.5 Å². The molecule has 7 rings (SSSR count). The predicted molar refractivity (Wildman–Crippen MR) is 199 cm³/mol. The summed E-state index contributed by atoms with van der Waals surface area (Å²) in [6.45, 7) is 4.80. The summed E-state index contributed by atoms with van der Waals surface area (Å²) in [7, 11) is 0. The highest BCUT2D eigenvalue weighted by molar-refractivity contribution is 5.87. The fraction of sp³-hybridized carbons (Fsp3) is 0.463. The number of phenols is 1. The minimum atomic E-state index is -0.864. The second-order valence-electron chi connectivity index (χ2n) is 14.1. The van der Waals surface area contributed by atoms with E-state index in [9.17, 15) is 24.9 Å². The van der Waals surface area contributed by atoms with Gasteiger partial charge in [0.25, 0.3) is 0 Å². The number of benzene rings is 3. The van der Waals surface area contributed by atoms with E-state index in [1.165, 1.54) is 18.6 Å². The Balaban J connectivity index is 0.879. The third-order valence-electron chi connectivity index (χ3n) is 10.7. The Morgan fingerprint density at radius 1 is 0.882 bits per heavy atom. The third kappa shape index (κ3) is 9.30. The van der Waals surface area contributed by atoms with Crippen LogP contribution in [0.2, 0.25) is 0 Å². The van der Waals surface area contributed by atoms with Crippen molar-refractivity contribution >= 4 is 17.0 Å². The normalized spacial score (nSPS) is 19.5. The summed E-state index contributed by atoms with van der Waals surface area (Å²) in [6.07, 6.45) is 8.26. The number of hydrogen-bond acceptors (Lipinski definition) is 7. The van der Waals surface area contributed by atoms with Gasteiger partial charge in [-0.3, -0.25) is 9.69 Å². The van der Waals surface area contributed by atoms with E-state index in [1.807, 2.05) is 54.6 Å². The van der Waals surface area contributed by atoms with Gasteiger partial charge in [-0.05, 0) is 92.2 Å². The van der Waals surface area contributed by atoms with E-state index in [0.29, 0.717) is 35.5 Å². The minimum absolute atomic E-state index is 0.0106. The molecule has 0 saturated carbocycles. The Bertz CT molecular complexity index is 1760. The van der Waals surface area contributed by atoms with Crippen LogP contribution in [0, 0.1) is 5.92 Å². The number of aromatic nitrogens is 1. The van der Waals surface area contributed by atoms with Crippen molar-refractivity contribution in [3.63, 3.8) is 0 Å². The average Bonchev–Trinajstić information content (AvgIpc) is 3.15. The van der Waals surface area contributed by atoms with Crippen LogP contribution in [0.4, 0.5) is 4.79 Å². The number of hydrogen-bond donors (Lipinski definition) is 5. The SMILES string of the molecule is O=C(O)N(C(c1ccccc1)c1ccc(OCCCCCCCCCNC[C@H](O)c2ccc(O)c3[nH]c(=O)ccc23)cc1)[C@H]1CN2CCC1CC2. The van der Waals surface area contributed by atoms with E-state index in [1.54, 1.807) is 17.0 Å². The number of unbranched alkanes of at least 4 members (excludes halogenated alkanes) is 6. The van der Waals surface area contributed by atoms with Gasteiger partial charge >= 0.3 is 6.09 Å². The van der Waals surface area contributed by atoms with Gasteiger partial charge in [0.05, 0.1) is 30.3 Å². The lowest BCUT2D eigenvalue weighted by atomic mass is 9.81. The lowest BCUT2D eigenvalue weighted by molar-refractivity contribution is -0.000784. The van der Waals surface area contributed by atoms with Gasteiger partial charge in [-0.25, -0.2) is 4.79 Å². The van der Waals surface area contributed by atoms with Crippen LogP contribution in [0.25, 0.3) is 10.9 Å². The molecule has 3 saturated heterocycles. The molecule has 272 valence electrons. The zero-order valence-corrected chi connectivity index (χ0v) is 29.4. The summed E-state index contributed by atoms with van der Waals surface area (Å²) in [5, 5.41) is 35.3. The molecule has 1 aromatic heterocycles. The van der Waals surface area contributed by atoms with Crippen LogP contribution < -0.4 is 15.6 Å². The number of amides is 1. The number of nitrogens with one attached hydrogen (secondary N) is 2. The molecule has 4 aromatic rings. The number of aliphatic hydroxyl groups excluding tert-OH is 1. The van der Waals surface area contributed by atoms with Crippen molar-refractivity contribution in [2.24, 2.45) is 5.92 Å². The highest BCUT2D eigenvalue weighted by Crippen LogP contribution is 2.38. The van der Waals surface area contributed by atoms with E-state index >= 15 is 0 Å². The van der Waals surface area contributed by atoms with E-state index in [0.717, 1.165) is 94.4 Å². The molecule has 1 amide bonds. The number of piperidine rings is 3. The number of aromatic hydroxyl groups is 1. The first-order chi connectivity index (χ1) is 24.9. The largest absolute Gasteiger partial charge is 0.506 e. The molecule has 10 nitrogen and oxygen atoms in total. The van der Waals surface area contributed by atoms with Crippen molar-refractivity contribution in [2.45, 2.75) is 76.0 Å². The summed E-state index contributed by atoms with van der Waals surface area (Å²) in [6, 6.07) is 23.8. The number of ether oxygens (including phenoxy) is 1. The maximum absolute atomic E-state index is 12.8. The van der Waals surface area contributed by atoms with Gasteiger partial charge in [-0.15, -0.1) is 0 Å².